The molecule has 1 aromatic carbocycles. The van der Waals surface area contributed by atoms with E-state index in [0.717, 1.165) is 0 Å². The first-order valence-corrected chi connectivity index (χ1v) is 7.10. The minimum atomic E-state index is -0.491. The third-order valence-corrected chi connectivity index (χ3v) is 4.01. The van der Waals surface area contributed by atoms with Crippen molar-refractivity contribution in [3.05, 3.63) is 35.9 Å². The number of nitrogens with one attached hydrogen (secondary N) is 2. The summed E-state index contributed by atoms with van der Waals surface area (Å²) in [6.45, 7) is 3.15. The Kier molecular flexibility index (Phi) is 6.80. The lowest BCUT2D eigenvalue weighted by Crippen LogP contribution is -2.48. The van der Waals surface area contributed by atoms with Crippen molar-refractivity contribution in [3.63, 3.8) is 0 Å². The van der Waals surface area contributed by atoms with E-state index in [1.807, 2.05) is 23.1 Å². The lowest BCUT2D eigenvalue weighted by Gasteiger charge is -2.22. The number of rotatable bonds is 3. The van der Waals surface area contributed by atoms with Crippen LogP contribution in [0.15, 0.2) is 30.3 Å². The van der Waals surface area contributed by atoms with Gasteiger partial charge in [-0.1, -0.05) is 30.3 Å². The van der Waals surface area contributed by atoms with Crippen molar-refractivity contribution in [1.82, 2.24) is 15.5 Å². The van der Waals surface area contributed by atoms with Crippen molar-refractivity contribution in [2.24, 2.45) is 5.73 Å². The summed E-state index contributed by atoms with van der Waals surface area (Å²) in [5.41, 5.74) is 7.40. The first kappa shape index (κ1) is 18.4. The molecule has 3 amide bonds. The third kappa shape index (κ3) is 4.19. The Hall–Kier alpha value is -1.63. The van der Waals surface area contributed by atoms with Gasteiger partial charge in [-0.2, -0.15) is 0 Å². The normalized spacial score (nSPS) is 22.5. The van der Waals surface area contributed by atoms with E-state index >= 15 is 0 Å². The van der Waals surface area contributed by atoms with Crippen molar-refractivity contribution in [2.45, 2.75) is 24.9 Å². The van der Waals surface area contributed by atoms with Crippen LogP contribution in [0.5, 0.6) is 0 Å². The number of amides is 3. The first-order chi connectivity index (χ1) is 10.0. The van der Waals surface area contributed by atoms with Crippen LogP contribution in [-0.4, -0.2) is 49.1 Å². The van der Waals surface area contributed by atoms with E-state index in [2.05, 4.69) is 22.8 Å². The van der Waals surface area contributed by atoms with Crippen LogP contribution in [0, 0.1) is 0 Å². The van der Waals surface area contributed by atoms with Crippen LogP contribution in [-0.2, 0) is 4.79 Å². The zero-order chi connectivity index (χ0) is 15.4. The molecule has 1 heterocycles. The second-order valence-electron chi connectivity index (χ2n) is 5.38. The summed E-state index contributed by atoms with van der Waals surface area (Å²) < 4.78 is 0. The summed E-state index contributed by atoms with van der Waals surface area (Å²) in [6.07, 6.45) is 0. The molecule has 0 bridgehead atoms. The molecule has 1 aliphatic heterocycles. The molecule has 1 unspecified atom stereocenters. The van der Waals surface area contributed by atoms with Crippen LogP contribution < -0.4 is 16.4 Å². The van der Waals surface area contributed by atoms with Gasteiger partial charge in [0, 0.05) is 32.1 Å². The fourth-order valence-corrected chi connectivity index (χ4v) is 2.67. The largest absolute Gasteiger partial charge is 0.341 e. The summed E-state index contributed by atoms with van der Waals surface area (Å²) in [4.78, 5) is 25.2. The summed E-state index contributed by atoms with van der Waals surface area (Å²) in [5.74, 6) is -0.100. The SMILES string of the molecule is CNC(=O)NC(=O)C(C)N1C[C@@H](N)[C@H](c2ccccc2)C1.Cl. The molecule has 6 nitrogen and oxygen atoms in total. The van der Waals surface area contributed by atoms with E-state index < -0.39 is 6.03 Å². The van der Waals surface area contributed by atoms with Gasteiger partial charge in [0.05, 0.1) is 6.04 Å². The molecule has 0 aliphatic carbocycles. The minimum Gasteiger partial charge on any atom is -0.341 e. The van der Waals surface area contributed by atoms with E-state index in [9.17, 15) is 9.59 Å². The Morgan fingerprint density at radius 1 is 1.27 bits per heavy atom. The maximum Gasteiger partial charge on any atom is 0.321 e. The molecule has 1 aromatic rings. The molecule has 22 heavy (non-hydrogen) atoms. The highest BCUT2D eigenvalue weighted by molar-refractivity contribution is 5.96. The van der Waals surface area contributed by atoms with Crippen molar-refractivity contribution < 1.29 is 9.59 Å². The fraction of sp³-hybridized carbons (Fsp3) is 0.467. The van der Waals surface area contributed by atoms with E-state index in [-0.39, 0.29) is 36.3 Å². The van der Waals surface area contributed by atoms with Gasteiger partial charge in [0.2, 0.25) is 5.91 Å². The summed E-state index contributed by atoms with van der Waals surface area (Å²) in [5, 5.41) is 4.67. The van der Waals surface area contributed by atoms with E-state index in [4.69, 9.17) is 5.73 Å². The fourth-order valence-electron chi connectivity index (χ4n) is 2.67. The van der Waals surface area contributed by atoms with Gasteiger partial charge in [0.15, 0.2) is 0 Å². The molecule has 4 N–H and O–H groups in total. The van der Waals surface area contributed by atoms with Gasteiger partial charge < -0.3 is 11.1 Å². The van der Waals surface area contributed by atoms with E-state index in [1.54, 1.807) is 6.92 Å². The molecule has 7 heteroatoms. The number of benzene rings is 1. The zero-order valence-corrected chi connectivity index (χ0v) is 13.6. The van der Waals surface area contributed by atoms with Gasteiger partial charge in [0.25, 0.3) is 0 Å². The van der Waals surface area contributed by atoms with Crippen LogP contribution in [0.1, 0.15) is 18.4 Å². The van der Waals surface area contributed by atoms with Crippen molar-refractivity contribution >= 4 is 24.3 Å². The Labute approximate surface area is 136 Å². The number of imide groups is 1. The van der Waals surface area contributed by atoms with E-state index in [0.29, 0.717) is 13.1 Å². The molecule has 1 fully saturated rings. The van der Waals surface area contributed by atoms with Gasteiger partial charge in [-0.15, -0.1) is 12.4 Å². The second kappa shape index (κ2) is 8.12. The molecule has 0 aromatic heterocycles. The predicted octanol–water partition coefficient (Wildman–Crippen LogP) is 0.679. The standard InChI is InChI=1S/C15H22N4O2.ClH/c1-10(14(20)18-15(21)17-2)19-8-12(13(16)9-19)11-6-4-3-5-7-11;/h3-7,10,12-13H,8-9,16H2,1-2H3,(H2,17,18,20,21);1H/t10?,12-,13+;/m0./s1. The molecular weight excluding hydrogens is 304 g/mol. The maximum atomic E-state index is 12.0. The van der Waals surface area contributed by atoms with Crippen LogP contribution in [0.3, 0.4) is 0 Å². The monoisotopic (exact) mass is 326 g/mol. The van der Waals surface area contributed by atoms with Crippen molar-refractivity contribution in [3.8, 4) is 0 Å². The second-order valence-corrected chi connectivity index (χ2v) is 5.38. The average Bonchev–Trinajstić information content (AvgIpc) is 2.89. The summed E-state index contributed by atoms with van der Waals surface area (Å²) in [6, 6.07) is 9.19. The Balaban J connectivity index is 0.00000242. The number of likely N-dealkylation sites (tertiary alicyclic amines) is 1. The van der Waals surface area contributed by atoms with Gasteiger partial charge in [-0.3, -0.25) is 15.0 Å². The molecular formula is C15H23ClN4O2. The van der Waals surface area contributed by atoms with Crippen LogP contribution in [0.2, 0.25) is 0 Å². The Morgan fingerprint density at radius 2 is 1.91 bits per heavy atom. The number of nitrogens with two attached hydrogens (primary N) is 1. The molecule has 0 radical (unpaired) electrons. The topological polar surface area (TPSA) is 87.5 Å². The van der Waals surface area contributed by atoms with Gasteiger partial charge in [-0.05, 0) is 12.5 Å². The first-order valence-electron chi connectivity index (χ1n) is 7.10. The summed E-state index contributed by atoms with van der Waals surface area (Å²) in [7, 11) is 1.48. The minimum absolute atomic E-state index is 0. The number of halogens is 1. The van der Waals surface area contributed by atoms with Gasteiger partial charge >= 0.3 is 6.03 Å². The predicted molar refractivity (Wildman–Crippen MR) is 88.0 cm³/mol. The number of carbonyl (C=O) groups is 2. The van der Waals surface area contributed by atoms with Crippen LogP contribution in [0.4, 0.5) is 4.79 Å². The third-order valence-electron chi connectivity index (χ3n) is 4.01. The number of hydrogen-bond donors (Lipinski definition) is 3. The van der Waals surface area contributed by atoms with Gasteiger partial charge in [-0.25, -0.2) is 4.79 Å². The van der Waals surface area contributed by atoms with Crippen LogP contribution in [0.25, 0.3) is 0 Å². The molecule has 1 aliphatic rings. The van der Waals surface area contributed by atoms with Crippen molar-refractivity contribution in [2.75, 3.05) is 20.1 Å². The average molecular weight is 327 g/mol. The highest BCUT2D eigenvalue weighted by atomic mass is 35.5. The zero-order valence-electron chi connectivity index (χ0n) is 12.8. The van der Waals surface area contributed by atoms with Gasteiger partial charge in [0.1, 0.15) is 0 Å². The maximum absolute atomic E-state index is 12.0. The lowest BCUT2D eigenvalue weighted by atomic mass is 9.95. The number of carbonyl (C=O) groups excluding carboxylic acids is 2. The quantitative estimate of drug-likeness (QED) is 0.762. The smallest absolute Gasteiger partial charge is 0.321 e. The number of hydrogen-bond acceptors (Lipinski definition) is 4. The molecule has 2 rings (SSSR count). The number of urea groups is 1. The molecule has 122 valence electrons. The highest BCUT2D eigenvalue weighted by Crippen LogP contribution is 2.27. The molecule has 1 saturated heterocycles. The molecule has 0 saturated carbocycles. The Bertz CT molecular complexity index is 512. The summed E-state index contributed by atoms with van der Waals surface area (Å²) >= 11 is 0. The Morgan fingerprint density at radius 3 is 2.50 bits per heavy atom. The van der Waals surface area contributed by atoms with Crippen molar-refractivity contribution in [1.29, 1.82) is 0 Å². The lowest BCUT2D eigenvalue weighted by molar-refractivity contribution is -0.124. The van der Waals surface area contributed by atoms with Crippen LogP contribution >= 0.6 is 12.4 Å². The molecule has 0 spiro atoms. The van der Waals surface area contributed by atoms with E-state index in [1.165, 1.54) is 12.6 Å². The highest BCUT2D eigenvalue weighted by Gasteiger charge is 2.35. The number of nitrogens with zero attached hydrogens (tertiary/aromatic N) is 1. The molecule has 3 atom stereocenters.